The van der Waals surface area contributed by atoms with E-state index in [1.54, 1.807) is 11.8 Å². The summed E-state index contributed by atoms with van der Waals surface area (Å²) in [6, 6.07) is 6.98. The fraction of sp³-hybridized carbons (Fsp3) is 0.632. The normalized spacial score (nSPS) is 20.2. The molecule has 1 aromatic carbocycles. The molecule has 6 heteroatoms. The highest BCUT2D eigenvalue weighted by Crippen LogP contribution is 2.42. The fourth-order valence-corrected chi connectivity index (χ4v) is 4.73. The lowest BCUT2D eigenvalue weighted by molar-refractivity contribution is -0.128. The van der Waals surface area contributed by atoms with Crippen LogP contribution in [0.3, 0.4) is 0 Å². The average Bonchev–Trinajstić information content (AvgIpc) is 2.95. The standard InChI is InChI=1S/C19H28N2O3S/c1-13(2)20(14(3)4)7-8-21-18(22)12-25-19(21)15-5-6-16-17(11-15)24-10-9-23-16/h5-6,11,13-14,19H,7-10,12H2,1-4H3. The van der Waals surface area contributed by atoms with Crippen molar-refractivity contribution in [1.82, 2.24) is 9.80 Å². The Hall–Kier alpha value is -1.40. The predicted octanol–water partition coefficient (Wildman–Crippen LogP) is 3.15. The molecular formula is C19H28N2O3S. The first-order valence-corrected chi connectivity index (χ1v) is 10.1. The van der Waals surface area contributed by atoms with Crippen molar-refractivity contribution in [1.29, 1.82) is 0 Å². The molecular weight excluding hydrogens is 336 g/mol. The number of ether oxygens (including phenoxy) is 2. The Morgan fingerprint density at radius 2 is 1.84 bits per heavy atom. The van der Waals surface area contributed by atoms with Crippen LogP contribution in [0.25, 0.3) is 0 Å². The molecule has 2 aliphatic rings. The molecule has 0 aliphatic carbocycles. The molecule has 1 amide bonds. The van der Waals surface area contributed by atoms with Crippen LogP contribution in [0.2, 0.25) is 0 Å². The number of nitrogens with zero attached hydrogens (tertiary/aromatic N) is 2. The maximum Gasteiger partial charge on any atom is 0.233 e. The summed E-state index contributed by atoms with van der Waals surface area (Å²) in [4.78, 5) is 16.9. The fourth-order valence-electron chi connectivity index (χ4n) is 3.52. The zero-order valence-electron chi connectivity index (χ0n) is 15.5. The summed E-state index contributed by atoms with van der Waals surface area (Å²) < 4.78 is 11.3. The van der Waals surface area contributed by atoms with Crippen LogP contribution in [-0.4, -0.2) is 59.8 Å². The van der Waals surface area contributed by atoms with E-state index in [0.29, 0.717) is 31.1 Å². The second-order valence-corrected chi connectivity index (χ2v) is 8.15. The second kappa shape index (κ2) is 7.87. The van der Waals surface area contributed by atoms with Crippen LogP contribution in [0.4, 0.5) is 0 Å². The number of benzene rings is 1. The topological polar surface area (TPSA) is 42.0 Å². The molecule has 0 saturated carbocycles. The van der Waals surface area contributed by atoms with Crippen molar-refractivity contribution >= 4 is 17.7 Å². The minimum atomic E-state index is 0.0597. The van der Waals surface area contributed by atoms with E-state index in [2.05, 4.69) is 38.7 Å². The number of hydrogen-bond donors (Lipinski definition) is 0. The van der Waals surface area contributed by atoms with E-state index >= 15 is 0 Å². The summed E-state index contributed by atoms with van der Waals surface area (Å²) in [6.45, 7) is 11.6. The number of fused-ring (bicyclic) bond motifs is 1. The third-order valence-corrected chi connectivity index (χ3v) is 6.00. The predicted molar refractivity (Wildman–Crippen MR) is 101 cm³/mol. The van der Waals surface area contributed by atoms with Crippen LogP contribution < -0.4 is 9.47 Å². The first-order chi connectivity index (χ1) is 12.0. The van der Waals surface area contributed by atoms with Crippen LogP contribution in [0.1, 0.15) is 38.6 Å². The number of carbonyl (C=O) groups is 1. The van der Waals surface area contributed by atoms with E-state index in [0.717, 1.165) is 30.2 Å². The van der Waals surface area contributed by atoms with Crippen LogP contribution in [0, 0.1) is 0 Å². The van der Waals surface area contributed by atoms with Crippen molar-refractivity contribution in [2.75, 3.05) is 32.1 Å². The quantitative estimate of drug-likeness (QED) is 0.776. The molecule has 1 unspecified atom stereocenters. The van der Waals surface area contributed by atoms with Gasteiger partial charge in [-0.2, -0.15) is 0 Å². The van der Waals surface area contributed by atoms with Gasteiger partial charge in [-0.1, -0.05) is 6.07 Å². The Balaban J connectivity index is 1.73. The van der Waals surface area contributed by atoms with Gasteiger partial charge in [-0.3, -0.25) is 9.69 Å². The molecule has 25 heavy (non-hydrogen) atoms. The molecule has 0 aromatic heterocycles. The monoisotopic (exact) mass is 364 g/mol. The minimum Gasteiger partial charge on any atom is -0.486 e. The zero-order chi connectivity index (χ0) is 18.0. The average molecular weight is 365 g/mol. The first kappa shape index (κ1) is 18.4. The molecule has 1 aromatic rings. The van der Waals surface area contributed by atoms with E-state index in [1.807, 2.05) is 17.0 Å². The van der Waals surface area contributed by atoms with Gasteiger partial charge in [0.15, 0.2) is 11.5 Å². The van der Waals surface area contributed by atoms with Gasteiger partial charge >= 0.3 is 0 Å². The van der Waals surface area contributed by atoms with Gasteiger partial charge in [-0.25, -0.2) is 0 Å². The Morgan fingerprint density at radius 3 is 2.52 bits per heavy atom. The molecule has 0 radical (unpaired) electrons. The Labute approximate surface area is 154 Å². The van der Waals surface area contributed by atoms with Crippen molar-refractivity contribution < 1.29 is 14.3 Å². The maximum absolute atomic E-state index is 12.4. The molecule has 5 nitrogen and oxygen atoms in total. The highest BCUT2D eigenvalue weighted by molar-refractivity contribution is 8.00. The number of thioether (sulfide) groups is 1. The number of hydrogen-bond acceptors (Lipinski definition) is 5. The van der Waals surface area contributed by atoms with Gasteiger partial charge in [0, 0.05) is 25.2 Å². The molecule has 1 saturated heterocycles. The molecule has 3 rings (SSSR count). The summed E-state index contributed by atoms with van der Waals surface area (Å²) >= 11 is 1.69. The lowest BCUT2D eigenvalue weighted by Crippen LogP contribution is -2.43. The van der Waals surface area contributed by atoms with Crippen molar-refractivity contribution in [3.8, 4) is 11.5 Å². The third kappa shape index (κ3) is 4.06. The Bertz CT molecular complexity index is 613. The van der Waals surface area contributed by atoms with Gasteiger partial charge in [-0.05, 0) is 45.4 Å². The molecule has 0 spiro atoms. The molecule has 1 atom stereocenters. The minimum absolute atomic E-state index is 0.0597. The highest BCUT2D eigenvalue weighted by Gasteiger charge is 2.33. The molecule has 0 bridgehead atoms. The number of amides is 1. The summed E-state index contributed by atoms with van der Waals surface area (Å²) in [5.74, 6) is 2.34. The number of carbonyl (C=O) groups excluding carboxylic acids is 1. The summed E-state index contributed by atoms with van der Waals surface area (Å²) in [6.07, 6.45) is 0. The smallest absolute Gasteiger partial charge is 0.233 e. The summed E-state index contributed by atoms with van der Waals surface area (Å²) in [5.41, 5.74) is 1.11. The van der Waals surface area contributed by atoms with Gasteiger partial charge in [0.25, 0.3) is 0 Å². The SMILES string of the molecule is CC(C)N(CCN1C(=O)CSC1c1ccc2c(c1)OCCO2)C(C)C. The maximum atomic E-state index is 12.4. The Morgan fingerprint density at radius 1 is 1.16 bits per heavy atom. The van der Waals surface area contributed by atoms with E-state index in [1.165, 1.54) is 0 Å². The van der Waals surface area contributed by atoms with Crippen LogP contribution in [-0.2, 0) is 4.79 Å². The van der Waals surface area contributed by atoms with Gasteiger partial charge in [0.2, 0.25) is 5.91 Å². The van der Waals surface area contributed by atoms with E-state index in [9.17, 15) is 4.79 Å². The van der Waals surface area contributed by atoms with Gasteiger partial charge in [-0.15, -0.1) is 11.8 Å². The lowest BCUT2D eigenvalue weighted by Gasteiger charge is -2.33. The molecule has 1 fully saturated rings. The zero-order valence-corrected chi connectivity index (χ0v) is 16.3. The van der Waals surface area contributed by atoms with E-state index in [4.69, 9.17) is 9.47 Å². The van der Waals surface area contributed by atoms with Crippen LogP contribution in [0.15, 0.2) is 18.2 Å². The molecule has 2 aliphatic heterocycles. The van der Waals surface area contributed by atoms with E-state index in [-0.39, 0.29) is 11.3 Å². The van der Waals surface area contributed by atoms with Crippen molar-refractivity contribution in [2.45, 2.75) is 45.2 Å². The highest BCUT2D eigenvalue weighted by atomic mass is 32.2. The number of rotatable bonds is 6. The molecule has 2 heterocycles. The van der Waals surface area contributed by atoms with E-state index < -0.39 is 0 Å². The Kier molecular flexibility index (Phi) is 5.79. The van der Waals surface area contributed by atoms with Gasteiger partial charge in [0.1, 0.15) is 18.6 Å². The second-order valence-electron chi connectivity index (χ2n) is 7.08. The summed E-state index contributed by atoms with van der Waals surface area (Å²) in [7, 11) is 0. The van der Waals surface area contributed by atoms with Crippen LogP contribution >= 0.6 is 11.8 Å². The van der Waals surface area contributed by atoms with Crippen LogP contribution in [0.5, 0.6) is 11.5 Å². The largest absolute Gasteiger partial charge is 0.486 e. The van der Waals surface area contributed by atoms with Gasteiger partial charge < -0.3 is 14.4 Å². The molecule has 138 valence electrons. The summed E-state index contributed by atoms with van der Waals surface area (Å²) in [5, 5.41) is 0.0597. The van der Waals surface area contributed by atoms with Crippen molar-refractivity contribution in [3.05, 3.63) is 23.8 Å². The third-order valence-electron chi connectivity index (χ3n) is 4.75. The van der Waals surface area contributed by atoms with Crippen molar-refractivity contribution in [2.24, 2.45) is 0 Å². The molecule has 0 N–H and O–H groups in total. The first-order valence-electron chi connectivity index (χ1n) is 9.03. The van der Waals surface area contributed by atoms with Crippen molar-refractivity contribution in [3.63, 3.8) is 0 Å². The lowest BCUT2D eigenvalue weighted by atomic mass is 10.1. The van der Waals surface area contributed by atoms with Gasteiger partial charge in [0.05, 0.1) is 5.75 Å².